The third-order valence-corrected chi connectivity index (χ3v) is 4.66. The fourth-order valence-electron chi connectivity index (χ4n) is 2.17. The number of hydrogen-bond donors (Lipinski definition) is 2. The Kier molecular flexibility index (Phi) is 5.41. The van der Waals surface area contributed by atoms with Crippen LogP contribution in [0.2, 0.25) is 5.02 Å². The summed E-state index contributed by atoms with van der Waals surface area (Å²) in [4.78, 5) is 12.1. The van der Waals surface area contributed by atoms with E-state index in [9.17, 15) is 4.79 Å². The van der Waals surface area contributed by atoms with Crippen molar-refractivity contribution in [3.63, 3.8) is 0 Å². The summed E-state index contributed by atoms with van der Waals surface area (Å²) < 4.78 is 1.35. The zero-order valence-corrected chi connectivity index (χ0v) is 15.0. The van der Waals surface area contributed by atoms with Crippen LogP contribution >= 0.6 is 23.4 Å². The van der Waals surface area contributed by atoms with Gasteiger partial charge < -0.3 is 11.2 Å². The predicted molar refractivity (Wildman–Crippen MR) is 101 cm³/mol. The summed E-state index contributed by atoms with van der Waals surface area (Å²) in [6, 6.07) is 16.1. The number of hydrogen-bond acceptors (Lipinski definition) is 6. The van der Waals surface area contributed by atoms with E-state index in [1.807, 2.05) is 36.4 Å². The Morgan fingerprint density at radius 2 is 2.04 bits per heavy atom. The molecule has 9 heteroatoms. The van der Waals surface area contributed by atoms with Gasteiger partial charge in [0.1, 0.15) is 6.07 Å². The lowest BCUT2D eigenvalue weighted by molar-refractivity contribution is -0.113. The van der Waals surface area contributed by atoms with E-state index in [4.69, 9.17) is 22.7 Å². The number of nitrogen functional groups attached to an aromatic ring is 1. The average Bonchev–Trinajstić information content (AvgIpc) is 3.01. The van der Waals surface area contributed by atoms with Gasteiger partial charge in [-0.05, 0) is 18.2 Å². The van der Waals surface area contributed by atoms with E-state index < -0.39 is 0 Å². The number of nitrogens with one attached hydrogen (secondary N) is 1. The molecule has 0 atom stereocenters. The molecule has 130 valence electrons. The van der Waals surface area contributed by atoms with Crippen LogP contribution in [0.3, 0.4) is 0 Å². The first-order chi connectivity index (χ1) is 12.6. The first-order valence-electron chi connectivity index (χ1n) is 7.46. The number of carbonyl (C=O) groups is 1. The number of nitriles is 1. The number of aromatic nitrogens is 3. The Bertz CT molecular complexity index is 983. The SMILES string of the molecule is N#Cc1ccc(NC(=O)CSc2nnc(-c3ccccc3)n2N)cc1Cl. The van der Waals surface area contributed by atoms with Crippen LogP contribution in [0.15, 0.2) is 53.7 Å². The molecule has 2 aromatic carbocycles. The molecule has 0 bridgehead atoms. The van der Waals surface area contributed by atoms with Crippen LogP contribution in [-0.4, -0.2) is 26.5 Å². The maximum atomic E-state index is 12.1. The van der Waals surface area contributed by atoms with Crippen LogP contribution in [0.25, 0.3) is 11.4 Å². The second-order valence-corrected chi connectivity index (χ2v) is 6.54. The highest BCUT2D eigenvalue weighted by molar-refractivity contribution is 7.99. The van der Waals surface area contributed by atoms with E-state index in [0.717, 1.165) is 5.56 Å². The first kappa shape index (κ1) is 17.8. The molecule has 7 nitrogen and oxygen atoms in total. The molecule has 3 N–H and O–H groups in total. The van der Waals surface area contributed by atoms with Crippen molar-refractivity contribution in [2.45, 2.75) is 5.16 Å². The van der Waals surface area contributed by atoms with E-state index in [-0.39, 0.29) is 16.7 Å². The Morgan fingerprint density at radius 1 is 1.27 bits per heavy atom. The van der Waals surface area contributed by atoms with E-state index >= 15 is 0 Å². The highest BCUT2D eigenvalue weighted by Crippen LogP contribution is 2.23. The maximum absolute atomic E-state index is 12.1. The van der Waals surface area contributed by atoms with Crippen LogP contribution in [0, 0.1) is 11.3 Å². The van der Waals surface area contributed by atoms with Crippen LogP contribution in [0.5, 0.6) is 0 Å². The second-order valence-electron chi connectivity index (χ2n) is 5.19. The van der Waals surface area contributed by atoms with Crippen molar-refractivity contribution < 1.29 is 4.79 Å². The molecule has 0 saturated carbocycles. The molecule has 0 radical (unpaired) electrons. The fourth-order valence-corrected chi connectivity index (χ4v) is 3.05. The molecule has 1 heterocycles. The zero-order valence-electron chi connectivity index (χ0n) is 13.4. The molecule has 0 saturated heterocycles. The average molecular weight is 385 g/mol. The summed E-state index contributed by atoms with van der Waals surface area (Å²) in [5.74, 6) is 6.39. The number of halogens is 1. The number of rotatable bonds is 5. The third kappa shape index (κ3) is 3.96. The van der Waals surface area contributed by atoms with Crippen molar-refractivity contribution in [3.8, 4) is 17.5 Å². The van der Waals surface area contributed by atoms with Crippen molar-refractivity contribution in [3.05, 3.63) is 59.1 Å². The van der Waals surface area contributed by atoms with Crippen molar-refractivity contribution in [2.24, 2.45) is 0 Å². The van der Waals surface area contributed by atoms with Crippen molar-refractivity contribution >= 4 is 35.0 Å². The van der Waals surface area contributed by atoms with Gasteiger partial charge in [0.05, 0.1) is 16.3 Å². The normalized spacial score (nSPS) is 10.3. The summed E-state index contributed by atoms with van der Waals surface area (Å²) in [5, 5.41) is 20.4. The fraction of sp³-hybridized carbons (Fsp3) is 0.0588. The Labute approximate surface area is 158 Å². The van der Waals surface area contributed by atoms with Gasteiger partial charge in [-0.25, -0.2) is 4.68 Å². The van der Waals surface area contributed by atoms with Gasteiger partial charge in [0.15, 0.2) is 5.82 Å². The maximum Gasteiger partial charge on any atom is 0.234 e. The topological polar surface area (TPSA) is 110 Å². The molecule has 1 amide bonds. The molecule has 0 aliphatic carbocycles. The van der Waals surface area contributed by atoms with Gasteiger partial charge in [0.2, 0.25) is 11.1 Å². The van der Waals surface area contributed by atoms with E-state index in [0.29, 0.717) is 22.2 Å². The quantitative estimate of drug-likeness (QED) is 0.517. The summed E-state index contributed by atoms with van der Waals surface area (Å²) in [7, 11) is 0. The molecule has 3 aromatic rings. The number of amides is 1. The minimum absolute atomic E-state index is 0.0990. The summed E-state index contributed by atoms with van der Waals surface area (Å²) in [6.45, 7) is 0. The van der Waals surface area contributed by atoms with E-state index in [1.54, 1.807) is 12.1 Å². The van der Waals surface area contributed by atoms with Crippen molar-refractivity contribution in [2.75, 3.05) is 16.9 Å². The minimum Gasteiger partial charge on any atom is -0.335 e. The second kappa shape index (κ2) is 7.91. The minimum atomic E-state index is -0.250. The molecule has 26 heavy (non-hydrogen) atoms. The smallest absolute Gasteiger partial charge is 0.234 e. The lowest BCUT2D eigenvalue weighted by Crippen LogP contribution is -2.16. The largest absolute Gasteiger partial charge is 0.335 e. The zero-order chi connectivity index (χ0) is 18.5. The predicted octanol–water partition coefficient (Wildman–Crippen LogP) is 2.91. The monoisotopic (exact) mass is 384 g/mol. The third-order valence-electron chi connectivity index (χ3n) is 3.40. The highest BCUT2D eigenvalue weighted by atomic mass is 35.5. The molecule has 3 rings (SSSR count). The van der Waals surface area contributed by atoms with Gasteiger partial charge >= 0.3 is 0 Å². The number of carbonyl (C=O) groups excluding carboxylic acids is 1. The molecule has 1 aromatic heterocycles. The van der Waals surface area contributed by atoms with Crippen molar-refractivity contribution in [1.29, 1.82) is 5.26 Å². The molecular formula is C17H13ClN6OS. The molecule has 0 aliphatic rings. The molecule has 0 spiro atoms. The lowest BCUT2D eigenvalue weighted by Gasteiger charge is -2.06. The van der Waals surface area contributed by atoms with Crippen LogP contribution in [0.1, 0.15) is 5.56 Å². The van der Waals surface area contributed by atoms with Crippen LogP contribution < -0.4 is 11.2 Å². The van der Waals surface area contributed by atoms with Gasteiger partial charge in [-0.3, -0.25) is 4.79 Å². The number of benzene rings is 2. The molecule has 0 unspecified atom stereocenters. The van der Waals surface area contributed by atoms with E-state index in [1.165, 1.54) is 22.5 Å². The Balaban J connectivity index is 1.63. The Hall–Kier alpha value is -3.02. The highest BCUT2D eigenvalue weighted by Gasteiger charge is 2.14. The summed E-state index contributed by atoms with van der Waals surface area (Å²) in [6.07, 6.45) is 0. The standard InChI is InChI=1S/C17H13ClN6OS/c18-14-8-13(7-6-12(14)9-19)21-15(25)10-26-17-23-22-16(24(17)20)11-4-2-1-3-5-11/h1-8H,10,20H2,(H,21,25). The van der Waals surface area contributed by atoms with Gasteiger partial charge in [-0.2, -0.15) is 5.26 Å². The van der Waals surface area contributed by atoms with E-state index in [2.05, 4.69) is 15.5 Å². The molecule has 0 aliphatic heterocycles. The number of thioether (sulfide) groups is 1. The van der Waals surface area contributed by atoms with Gasteiger partial charge in [0, 0.05) is 11.3 Å². The van der Waals surface area contributed by atoms with Gasteiger partial charge in [0.25, 0.3) is 0 Å². The molecular weight excluding hydrogens is 372 g/mol. The number of nitrogens with zero attached hydrogens (tertiary/aromatic N) is 4. The molecule has 0 fully saturated rings. The number of nitrogens with two attached hydrogens (primary N) is 1. The number of anilines is 1. The summed E-state index contributed by atoms with van der Waals surface area (Å²) in [5.41, 5.74) is 1.70. The van der Waals surface area contributed by atoms with Gasteiger partial charge in [-0.1, -0.05) is 53.7 Å². The van der Waals surface area contributed by atoms with Crippen LogP contribution in [-0.2, 0) is 4.79 Å². The van der Waals surface area contributed by atoms with Crippen LogP contribution in [0.4, 0.5) is 5.69 Å². The van der Waals surface area contributed by atoms with Crippen molar-refractivity contribution in [1.82, 2.24) is 14.9 Å². The first-order valence-corrected chi connectivity index (χ1v) is 8.83. The Morgan fingerprint density at radius 3 is 2.73 bits per heavy atom. The van der Waals surface area contributed by atoms with Gasteiger partial charge in [-0.15, -0.1) is 10.2 Å². The lowest BCUT2D eigenvalue weighted by atomic mass is 10.2. The summed E-state index contributed by atoms with van der Waals surface area (Å²) >= 11 is 7.12.